The zero-order valence-electron chi connectivity index (χ0n) is 11.6. The van der Waals surface area contributed by atoms with E-state index in [0.717, 1.165) is 11.1 Å². The number of sulfonamides is 1. The maximum absolute atomic E-state index is 12.2. The molecule has 0 aromatic heterocycles. The van der Waals surface area contributed by atoms with Gasteiger partial charge in [-0.1, -0.05) is 41.9 Å². The molecule has 21 heavy (non-hydrogen) atoms. The van der Waals surface area contributed by atoms with Crippen molar-refractivity contribution in [1.29, 1.82) is 0 Å². The van der Waals surface area contributed by atoms with Gasteiger partial charge >= 0.3 is 0 Å². The summed E-state index contributed by atoms with van der Waals surface area (Å²) in [6, 6.07) is 12.3. The van der Waals surface area contributed by atoms with Crippen LogP contribution in [0.1, 0.15) is 16.7 Å². The average Bonchev–Trinajstić information content (AvgIpc) is 2.42. The molecule has 2 aromatic rings. The zero-order valence-corrected chi connectivity index (χ0v) is 13.2. The quantitative estimate of drug-likeness (QED) is 0.888. The van der Waals surface area contributed by atoms with Crippen molar-refractivity contribution in [3.63, 3.8) is 0 Å². The molecule has 2 aromatic carbocycles. The van der Waals surface area contributed by atoms with Crippen LogP contribution < -0.4 is 10.5 Å². The first-order valence-electron chi connectivity index (χ1n) is 6.44. The van der Waals surface area contributed by atoms with E-state index < -0.39 is 10.0 Å². The third-order valence-corrected chi connectivity index (χ3v) is 4.53. The van der Waals surface area contributed by atoms with Crippen LogP contribution >= 0.6 is 11.6 Å². The van der Waals surface area contributed by atoms with Crippen LogP contribution in [0.5, 0.6) is 0 Å². The summed E-state index contributed by atoms with van der Waals surface area (Å²) < 4.78 is 27.1. The number of hydrogen-bond donors (Lipinski definition) is 2. The Balaban J connectivity index is 2.20. The van der Waals surface area contributed by atoms with Crippen LogP contribution in [0.25, 0.3) is 0 Å². The van der Waals surface area contributed by atoms with E-state index in [0.29, 0.717) is 22.8 Å². The highest BCUT2D eigenvalue weighted by atomic mass is 35.5. The molecule has 0 fully saturated rings. The fourth-order valence-electron chi connectivity index (χ4n) is 1.97. The van der Waals surface area contributed by atoms with Gasteiger partial charge in [-0.2, -0.15) is 0 Å². The van der Waals surface area contributed by atoms with Crippen LogP contribution in [-0.4, -0.2) is 8.42 Å². The van der Waals surface area contributed by atoms with Crippen molar-refractivity contribution >= 4 is 27.3 Å². The molecule has 0 heterocycles. The Morgan fingerprint density at radius 2 is 1.86 bits per heavy atom. The Hall–Kier alpha value is -1.56. The molecule has 0 saturated heterocycles. The smallest absolute Gasteiger partial charge is 0.236 e. The standard InChI is InChI=1S/C15H17ClN2O2S/c1-11-5-6-14(16)8-15(11)18-21(19,20)10-13-4-2-3-12(7-13)9-17/h2-8,18H,9-10,17H2,1H3. The van der Waals surface area contributed by atoms with Crippen molar-refractivity contribution in [2.45, 2.75) is 19.2 Å². The minimum atomic E-state index is -3.50. The highest BCUT2D eigenvalue weighted by Crippen LogP contribution is 2.22. The van der Waals surface area contributed by atoms with Crippen molar-refractivity contribution in [2.24, 2.45) is 5.73 Å². The van der Waals surface area contributed by atoms with Crippen LogP contribution in [0.2, 0.25) is 5.02 Å². The van der Waals surface area contributed by atoms with E-state index in [1.165, 1.54) is 0 Å². The van der Waals surface area contributed by atoms with Gasteiger partial charge in [0.15, 0.2) is 0 Å². The number of rotatable bonds is 5. The SMILES string of the molecule is Cc1ccc(Cl)cc1NS(=O)(=O)Cc1cccc(CN)c1. The predicted octanol–water partition coefficient (Wildman–Crippen LogP) is 3.05. The number of benzene rings is 2. The third kappa shape index (κ3) is 4.46. The minimum absolute atomic E-state index is 0.104. The van der Waals surface area contributed by atoms with Gasteiger partial charge in [0, 0.05) is 11.6 Å². The molecular weight excluding hydrogens is 308 g/mol. The van der Waals surface area contributed by atoms with Crippen LogP contribution in [0.3, 0.4) is 0 Å². The Morgan fingerprint density at radius 1 is 1.14 bits per heavy atom. The molecule has 3 N–H and O–H groups in total. The minimum Gasteiger partial charge on any atom is -0.326 e. The lowest BCUT2D eigenvalue weighted by Gasteiger charge is -2.11. The second-order valence-electron chi connectivity index (χ2n) is 4.84. The van der Waals surface area contributed by atoms with E-state index in [1.54, 1.807) is 36.4 Å². The van der Waals surface area contributed by atoms with Gasteiger partial charge in [-0.25, -0.2) is 8.42 Å². The molecule has 0 bridgehead atoms. The van der Waals surface area contributed by atoms with Gasteiger partial charge < -0.3 is 5.73 Å². The summed E-state index contributed by atoms with van der Waals surface area (Å²) in [4.78, 5) is 0. The molecule has 0 spiro atoms. The fourth-order valence-corrected chi connectivity index (χ4v) is 3.39. The number of aryl methyl sites for hydroxylation is 1. The Labute approximate surface area is 130 Å². The molecule has 0 aliphatic carbocycles. The van der Waals surface area contributed by atoms with Gasteiger partial charge in [0.05, 0.1) is 11.4 Å². The van der Waals surface area contributed by atoms with Crippen molar-refractivity contribution < 1.29 is 8.42 Å². The first kappa shape index (κ1) is 15.8. The number of nitrogens with two attached hydrogens (primary N) is 1. The van der Waals surface area contributed by atoms with Crippen molar-refractivity contribution in [3.05, 3.63) is 64.2 Å². The lowest BCUT2D eigenvalue weighted by Crippen LogP contribution is -2.16. The molecule has 0 unspecified atom stereocenters. The third-order valence-electron chi connectivity index (χ3n) is 3.05. The maximum atomic E-state index is 12.2. The van der Waals surface area contributed by atoms with Gasteiger partial charge in [0.25, 0.3) is 0 Å². The molecule has 6 heteroatoms. The molecule has 4 nitrogen and oxygen atoms in total. The molecule has 0 atom stereocenters. The summed E-state index contributed by atoms with van der Waals surface area (Å²) in [6.45, 7) is 2.21. The number of anilines is 1. The maximum Gasteiger partial charge on any atom is 0.236 e. The first-order chi connectivity index (χ1) is 9.89. The van der Waals surface area contributed by atoms with Crippen molar-refractivity contribution in [1.82, 2.24) is 0 Å². The fraction of sp³-hybridized carbons (Fsp3) is 0.200. The monoisotopic (exact) mass is 324 g/mol. The Kier molecular flexibility index (Phi) is 4.88. The van der Waals surface area contributed by atoms with E-state index in [-0.39, 0.29) is 5.75 Å². The average molecular weight is 325 g/mol. The second-order valence-corrected chi connectivity index (χ2v) is 7.00. The summed E-state index contributed by atoms with van der Waals surface area (Å²) in [7, 11) is -3.50. The summed E-state index contributed by atoms with van der Waals surface area (Å²) in [5.74, 6) is -0.104. The van der Waals surface area contributed by atoms with Crippen molar-refractivity contribution in [3.8, 4) is 0 Å². The van der Waals surface area contributed by atoms with Gasteiger partial charge in [0.2, 0.25) is 10.0 Å². The molecule has 112 valence electrons. The molecule has 0 aliphatic rings. The summed E-state index contributed by atoms with van der Waals surface area (Å²) in [6.07, 6.45) is 0. The van der Waals surface area contributed by atoms with Gasteiger partial charge in [0.1, 0.15) is 0 Å². The number of nitrogens with one attached hydrogen (secondary N) is 1. The van der Waals surface area contributed by atoms with Crippen LogP contribution in [0.15, 0.2) is 42.5 Å². The normalized spacial score (nSPS) is 11.4. The second kappa shape index (κ2) is 6.47. The number of halogens is 1. The van der Waals surface area contributed by atoms with E-state index in [2.05, 4.69) is 4.72 Å². The van der Waals surface area contributed by atoms with E-state index in [1.807, 2.05) is 13.0 Å². The Morgan fingerprint density at radius 3 is 2.57 bits per heavy atom. The van der Waals surface area contributed by atoms with Crippen molar-refractivity contribution in [2.75, 3.05) is 4.72 Å². The van der Waals surface area contributed by atoms with Crippen LogP contribution in [-0.2, 0) is 22.3 Å². The van der Waals surface area contributed by atoms with Gasteiger partial charge in [-0.05, 0) is 35.7 Å². The molecule has 0 aliphatic heterocycles. The lowest BCUT2D eigenvalue weighted by atomic mass is 10.1. The van der Waals surface area contributed by atoms with E-state index >= 15 is 0 Å². The van der Waals surface area contributed by atoms with Gasteiger partial charge in [-0.15, -0.1) is 0 Å². The largest absolute Gasteiger partial charge is 0.326 e. The highest BCUT2D eigenvalue weighted by Gasteiger charge is 2.13. The first-order valence-corrected chi connectivity index (χ1v) is 8.47. The van der Waals surface area contributed by atoms with E-state index in [4.69, 9.17) is 17.3 Å². The molecular formula is C15H17ClN2O2S. The van der Waals surface area contributed by atoms with Crippen LogP contribution in [0.4, 0.5) is 5.69 Å². The topological polar surface area (TPSA) is 72.2 Å². The van der Waals surface area contributed by atoms with Crippen LogP contribution in [0, 0.1) is 6.92 Å². The van der Waals surface area contributed by atoms with Gasteiger partial charge in [-0.3, -0.25) is 4.72 Å². The molecule has 0 saturated carbocycles. The molecule has 2 rings (SSSR count). The molecule has 0 amide bonds. The predicted molar refractivity (Wildman–Crippen MR) is 86.8 cm³/mol. The van der Waals surface area contributed by atoms with E-state index in [9.17, 15) is 8.42 Å². The summed E-state index contributed by atoms with van der Waals surface area (Å²) in [5.41, 5.74) is 8.48. The zero-order chi connectivity index (χ0) is 15.5. The Bertz CT molecular complexity index is 745. The highest BCUT2D eigenvalue weighted by molar-refractivity contribution is 7.91. The summed E-state index contributed by atoms with van der Waals surface area (Å²) >= 11 is 5.90. The summed E-state index contributed by atoms with van der Waals surface area (Å²) in [5, 5.41) is 0.489. The number of hydrogen-bond acceptors (Lipinski definition) is 3. The lowest BCUT2D eigenvalue weighted by molar-refractivity contribution is 0.600. The molecule has 0 radical (unpaired) electrons.